The molecule has 0 bridgehead atoms. The quantitative estimate of drug-likeness (QED) is 0.757. The number of hydrogen-bond acceptors (Lipinski definition) is 2. The van der Waals surface area contributed by atoms with Gasteiger partial charge in [0.15, 0.2) is 0 Å². The molecule has 1 N–H and O–H groups in total. The number of benzene rings is 1. The van der Waals surface area contributed by atoms with E-state index in [0.717, 1.165) is 36.8 Å². The third-order valence-corrected chi connectivity index (χ3v) is 4.33. The third-order valence-electron chi connectivity index (χ3n) is 4.33. The Hall–Kier alpha value is -1.02. The predicted octanol–water partition coefficient (Wildman–Crippen LogP) is 3.46. The summed E-state index contributed by atoms with van der Waals surface area (Å²) in [5, 5.41) is 3.72. The molecule has 2 aliphatic rings. The maximum atomic E-state index is 5.88. The Kier molecular flexibility index (Phi) is 3.79. The molecule has 1 aromatic carbocycles. The summed E-state index contributed by atoms with van der Waals surface area (Å²) in [7, 11) is 0. The Morgan fingerprint density at radius 2 is 1.84 bits per heavy atom. The van der Waals surface area contributed by atoms with Crippen molar-refractivity contribution in [1.29, 1.82) is 0 Å². The highest BCUT2D eigenvalue weighted by atomic mass is 16.5. The normalized spacial score (nSPS) is 18.9. The Bertz CT molecular complexity index is 423. The summed E-state index contributed by atoms with van der Waals surface area (Å²) in [6.45, 7) is 5.99. The molecular formula is C17H25NO. The van der Waals surface area contributed by atoms with E-state index in [9.17, 15) is 0 Å². The van der Waals surface area contributed by atoms with Gasteiger partial charge in [-0.25, -0.2) is 0 Å². The summed E-state index contributed by atoms with van der Waals surface area (Å²) < 4.78 is 5.88. The van der Waals surface area contributed by atoms with Gasteiger partial charge in [0.05, 0.1) is 0 Å². The zero-order valence-corrected chi connectivity index (χ0v) is 12.1. The summed E-state index contributed by atoms with van der Waals surface area (Å²) in [5.74, 6) is 2.96. The first kappa shape index (κ1) is 13.0. The molecule has 0 radical (unpaired) electrons. The van der Waals surface area contributed by atoms with E-state index in [2.05, 4.69) is 37.4 Å². The van der Waals surface area contributed by atoms with Gasteiger partial charge in [0.2, 0.25) is 0 Å². The highest BCUT2D eigenvalue weighted by Crippen LogP contribution is 2.44. The molecule has 1 aromatic rings. The van der Waals surface area contributed by atoms with E-state index >= 15 is 0 Å². The molecule has 0 spiro atoms. The van der Waals surface area contributed by atoms with E-state index in [1.165, 1.54) is 36.8 Å². The summed E-state index contributed by atoms with van der Waals surface area (Å²) in [4.78, 5) is 0. The van der Waals surface area contributed by atoms with Crippen LogP contribution in [-0.2, 0) is 0 Å². The van der Waals surface area contributed by atoms with Crippen LogP contribution in [0.15, 0.2) is 18.2 Å². The van der Waals surface area contributed by atoms with Crippen LogP contribution in [0.1, 0.15) is 36.8 Å². The molecule has 0 aromatic heterocycles. The minimum Gasteiger partial charge on any atom is -0.492 e. The lowest BCUT2D eigenvalue weighted by atomic mass is 10.1. The first-order chi connectivity index (χ1) is 9.24. The monoisotopic (exact) mass is 259 g/mol. The van der Waals surface area contributed by atoms with Gasteiger partial charge in [-0.1, -0.05) is 17.7 Å². The van der Waals surface area contributed by atoms with Crippen molar-refractivity contribution in [3.05, 3.63) is 29.3 Å². The van der Waals surface area contributed by atoms with Crippen LogP contribution in [-0.4, -0.2) is 19.2 Å². The number of rotatable bonds is 7. The van der Waals surface area contributed by atoms with Crippen molar-refractivity contribution in [3.8, 4) is 5.75 Å². The number of hydrogen-bond donors (Lipinski definition) is 1. The van der Waals surface area contributed by atoms with Crippen LogP contribution in [0.3, 0.4) is 0 Å². The average Bonchev–Trinajstić information content (AvgIpc) is 3.26. The fourth-order valence-corrected chi connectivity index (χ4v) is 2.98. The van der Waals surface area contributed by atoms with Gasteiger partial charge >= 0.3 is 0 Å². The molecule has 19 heavy (non-hydrogen) atoms. The summed E-state index contributed by atoms with van der Waals surface area (Å²) in [6, 6.07) is 7.17. The lowest BCUT2D eigenvalue weighted by Crippen LogP contribution is -2.36. The standard InChI is InChI=1S/C17H25NO/c1-12-3-8-16(13(2)11-12)19-10-9-18-17(14-4-5-14)15-6-7-15/h3,8,11,14-15,17-18H,4-7,9-10H2,1-2H3. The van der Waals surface area contributed by atoms with Gasteiger partial charge in [0.1, 0.15) is 12.4 Å². The predicted molar refractivity (Wildman–Crippen MR) is 78.6 cm³/mol. The maximum absolute atomic E-state index is 5.88. The van der Waals surface area contributed by atoms with Crippen LogP contribution < -0.4 is 10.1 Å². The van der Waals surface area contributed by atoms with Crippen molar-refractivity contribution in [2.24, 2.45) is 11.8 Å². The van der Waals surface area contributed by atoms with Gasteiger partial charge in [-0.2, -0.15) is 0 Å². The number of nitrogens with one attached hydrogen (secondary N) is 1. The zero-order chi connectivity index (χ0) is 13.2. The molecule has 2 fully saturated rings. The second kappa shape index (κ2) is 5.54. The fraction of sp³-hybridized carbons (Fsp3) is 0.647. The number of ether oxygens (including phenoxy) is 1. The van der Waals surface area contributed by atoms with Crippen molar-refractivity contribution in [1.82, 2.24) is 5.32 Å². The Labute approximate surface area is 116 Å². The molecule has 0 aliphatic heterocycles. The molecule has 2 heteroatoms. The van der Waals surface area contributed by atoms with Crippen LogP contribution in [0.2, 0.25) is 0 Å². The first-order valence-electron chi connectivity index (χ1n) is 7.67. The number of aryl methyl sites for hydroxylation is 2. The summed E-state index contributed by atoms with van der Waals surface area (Å²) in [5.41, 5.74) is 2.53. The van der Waals surface area contributed by atoms with Crippen LogP contribution in [0.25, 0.3) is 0 Å². The Morgan fingerprint density at radius 3 is 2.42 bits per heavy atom. The van der Waals surface area contributed by atoms with E-state index < -0.39 is 0 Å². The first-order valence-corrected chi connectivity index (χ1v) is 7.67. The van der Waals surface area contributed by atoms with Crippen LogP contribution >= 0.6 is 0 Å². The minimum absolute atomic E-state index is 0.778. The van der Waals surface area contributed by atoms with E-state index in [1.54, 1.807) is 0 Å². The Balaban J connectivity index is 1.42. The van der Waals surface area contributed by atoms with Gasteiger partial charge in [0, 0.05) is 12.6 Å². The van der Waals surface area contributed by atoms with Crippen molar-refractivity contribution in [2.75, 3.05) is 13.2 Å². The molecule has 0 saturated heterocycles. The smallest absolute Gasteiger partial charge is 0.122 e. The van der Waals surface area contributed by atoms with Gasteiger partial charge in [-0.3, -0.25) is 0 Å². The lowest BCUT2D eigenvalue weighted by Gasteiger charge is -2.18. The SMILES string of the molecule is Cc1ccc(OCCNC(C2CC2)C2CC2)c(C)c1. The molecule has 2 nitrogen and oxygen atoms in total. The molecule has 3 rings (SSSR count). The molecule has 0 amide bonds. The van der Waals surface area contributed by atoms with Crippen molar-refractivity contribution in [3.63, 3.8) is 0 Å². The van der Waals surface area contributed by atoms with Gasteiger partial charge < -0.3 is 10.1 Å². The van der Waals surface area contributed by atoms with Crippen molar-refractivity contribution < 1.29 is 4.74 Å². The second-order valence-electron chi connectivity index (χ2n) is 6.27. The third kappa shape index (κ3) is 3.50. The highest BCUT2D eigenvalue weighted by Gasteiger charge is 2.40. The minimum atomic E-state index is 0.778. The van der Waals surface area contributed by atoms with E-state index in [1.807, 2.05) is 0 Å². The highest BCUT2D eigenvalue weighted by molar-refractivity contribution is 5.35. The van der Waals surface area contributed by atoms with Gasteiger partial charge in [-0.15, -0.1) is 0 Å². The van der Waals surface area contributed by atoms with E-state index in [0.29, 0.717) is 0 Å². The molecule has 2 saturated carbocycles. The molecule has 0 unspecified atom stereocenters. The van der Waals surface area contributed by atoms with Crippen LogP contribution in [0, 0.1) is 25.7 Å². The second-order valence-corrected chi connectivity index (χ2v) is 6.27. The maximum Gasteiger partial charge on any atom is 0.122 e. The van der Waals surface area contributed by atoms with Crippen molar-refractivity contribution >= 4 is 0 Å². The lowest BCUT2D eigenvalue weighted by molar-refractivity contribution is 0.292. The van der Waals surface area contributed by atoms with E-state index in [4.69, 9.17) is 4.74 Å². The van der Waals surface area contributed by atoms with Crippen molar-refractivity contribution in [2.45, 2.75) is 45.6 Å². The van der Waals surface area contributed by atoms with Gasteiger partial charge in [-0.05, 0) is 63.0 Å². The van der Waals surface area contributed by atoms with Gasteiger partial charge in [0.25, 0.3) is 0 Å². The average molecular weight is 259 g/mol. The molecule has 104 valence electrons. The largest absolute Gasteiger partial charge is 0.492 e. The van der Waals surface area contributed by atoms with E-state index in [-0.39, 0.29) is 0 Å². The summed E-state index contributed by atoms with van der Waals surface area (Å²) >= 11 is 0. The topological polar surface area (TPSA) is 21.3 Å². The Morgan fingerprint density at radius 1 is 1.16 bits per heavy atom. The molecule has 0 atom stereocenters. The fourth-order valence-electron chi connectivity index (χ4n) is 2.98. The van der Waals surface area contributed by atoms with Crippen LogP contribution in [0.5, 0.6) is 5.75 Å². The molecular weight excluding hydrogens is 234 g/mol. The van der Waals surface area contributed by atoms with Crippen LogP contribution in [0.4, 0.5) is 0 Å². The molecule has 0 heterocycles. The molecule has 2 aliphatic carbocycles. The summed E-state index contributed by atoms with van der Waals surface area (Å²) in [6.07, 6.45) is 5.75. The zero-order valence-electron chi connectivity index (χ0n) is 12.1.